The van der Waals surface area contributed by atoms with E-state index in [-0.39, 0.29) is 11.1 Å². The minimum atomic E-state index is -0.404. The molecular formula is C25H24N4O2. The lowest BCUT2D eigenvalue weighted by Gasteiger charge is -2.16. The molecule has 2 aromatic carbocycles. The van der Waals surface area contributed by atoms with E-state index < -0.39 is 5.91 Å². The van der Waals surface area contributed by atoms with Crippen LogP contribution in [0.3, 0.4) is 0 Å². The lowest BCUT2D eigenvalue weighted by atomic mass is 10.1. The van der Waals surface area contributed by atoms with Crippen molar-refractivity contribution < 1.29 is 4.79 Å². The maximum atomic E-state index is 12.5. The van der Waals surface area contributed by atoms with E-state index in [4.69, 9.17) is 0 Å². The van der Waals surface area contributed by atoms with Gasteiger partial charge in [-0.3, -0.25) is 19.5 Å². The largest absolute Gasteiger partial charge is 0.348 e. The maximum Gasteiger partial charge on any atom is 0.261 e. The van der Waals surface area contributed by atoms with Gasteiger partial charge in [-0.2, -0.15) is 0 Å². The Bertz CT molecular complexity index is 1250. The first-order chi connectivity index (χ1) is 15.1. The number of aromatic amines is 1. The van der Waals surface area contributed by atoms with Gasteiger partial charge in [0, 0.05) is 36.9 Å². The number of fused-ring (bicyclic) bond motifs is 1. The van der Waals surface area contributed by atoms with Gasteiger partial charge in [0.25, 0.3) is 11.5 Å². The Hall–Kier alpha value is -3.77. The minimum absolute atomic E-state index is 0.100. The lowest BCUT2D eigenvalue weighted by molar-refractivity contribution is 0.0949. The molecule has 4 rings (SSSR count). The smallest absolute Gasteiger partial charge is 0.261 e. The van der Waals surface area contributed by atoms with Crippen LogP contribution in [0.4, 0.5) is 0 Å². The Kier molecular flexibility index (Phi) is 6.19. The predicted molar refractivity (Wildman–Crippen MR) is 122 cm³/mol. The van der Waals surface area contributed by atoms with E-state index in [1.54, 1.807) is 18.3 Å². The molecule has 0 unspecified atom stereocenters. The molecule has 156 valence electrons. The van der Waals surface area contributed by atoms with E-state index in [1.165, 1.54) is 5.56 Å². The third-order valence-corrected chi connectivity index (χ3v) is 5.05. The highest BCUT2D eigenvalue weighted by molar-refractivity contribution is 5.93. The number of aromatic nitrogens is 2. The fourth-order valence-corrected chi connectivity index (χ4v) is 3.52. The third-order valence-electron chi connectivity index (χ3n) is 5.05. The van der Waals surface area contributed by atoms with Crippen molar-refractivity contribution in [3.05, 3.63) is 112 Å². The molecule has 0 saturated carbocycles. The van der Waals surface area contributed by atoms with E-state index in [9.17, 15) is 9.59 Å². The lowest BCUT2D eigenvalue weighted by Crippen LogP contribution is -2.30. The highest BCUT2D eigenvalue weighted by Gasteiger charge is 2.12. The van der Waals surface area contributed by atoms with Gasteiger partial charge in [-0.05, 0) is 42.4 Å². The summed E-state index contributed by atoms with van der Waals surface area (Å²) < 4.78 is 0. The molecule has 0 atom stereocenters. The van der Waals surface area contributed by atoms with Gasteiger partial charge >= 0.3 is 0 Å². The Balaban J connectivity index is 1.37. The molecule has 31 heavy (non-hydrogen) atoms. The number of amides is 1. The summed E-state index contributed by atoms with van der Waals surface area (Å²) in [6.45, 7) is 1.65. The third kappa shape index (κ3) is 5.24. The summed E-state index contributed by atoms with van der Waals surface area (Å²) in [5, 5.41) is 3.81. The summed E-state index contributed by atoms with van der Waals surface area (Å²) in [6.07, 6.45) is 1.73. The van der Waals surface area contributed by atoms with Gasteiger partial charge in [0.1, 0.15) is 5.56 Å². The Morgan fingerprint density at radius 1 is 0.968 bits per heavy atom. The monoisotopic (exact) mass is 412 g/mol. The standard InChI is InChI=1S/C25H24N4O2/c1-29(16-18-7-3-2-4-8-18)17-21-11-12-22(25(31)28-21)24(30)27-15-19-13-20-9-5-6-10-23(20)26-14-19/h2-14H,15-17H2,1H3,(H,27,30)(H,28,31). The summed E-state index contributed by atoms with van der Waals surface area (Å²) in [4.78, 5) is 34.3. The van der Waals surface area contributed by atoms with Crippen LogP contribution in [0.15, 0.2) is 83.8 Å². The van der Waals surface area contributed by atoms with Crippen LogP contribution >= 0.6 is 0 Å². The first-order valence-corrected chi connectivity index (χ1v) is 10.1. The van der Waals surface area contributed by atoms with Crippen molar-refractivity contribution in [3.8, 4) is 0 Å². The number of nitrogens with zero attached hydrogens (tertiary/aromatic N) is 2. The topological polar surface area (TPSA) is 78.1 Å². The zero-order valence-electron chi connectivity index (χ0n) is 17.3. The van der Waals surface area contributed by atoms with E-state index in [2.05, 4.69) is 32.3 Å². The van der Waals surface area contributed by atoms with E-state index in [0.717, 1.165) is 28.7 Å². The molecule has 2 N–H and O–H groups in total. The van der Waals surface area contributed by atoms with E-state index >= 15 is 0 Å². The number of pyridine rings is 2. The van der Waals surface area contributed by atoms with Crippen LogP contribution in [0.25, 0.3) is 10.9 Å². The normalized spacial score (nSPS) is 11.0. The molecule has 0 aliphatic heterocycles. The van der Waals surface area contributed by atoms with Crippen molar-refractivity contribution >= 4 is 16.8 Å². The summed E-state index contributed by atoms with van der Waals surface area (Å²) in [6, 6.07) is 23.3. The number of H-pyrrole nitrogens is 1. The van der Waals surface area contributed by atoms with Gasteiger partial charge in [-0.15, -0.1) is 0 Å². The zero-order chi connectivity index (χ0) is 21.6. The van der Waals surface area contributed by atoms with Gasteiger partial charge in [0.15, 0.2) is 0 Å². The molecule has 0 aliphatic rings. The van der Waals surface area contributed by atoms with Crippen molar-refractivity contribution in [2.45, 2.75) is 19.6 Å². The van der Waals surface area contributed by atoms with Gasteiger partial charge in [-0.25, -0.2) is 0 Å². The summed E-state index contributed by atoms with van der Waals surface area (Å²) in [5.41, 5.74) is 3.46. The number of carbonyl (C=O) groups is 1. The molecule has 0 radical (unpaired) electrons. The van der Waals surface area contributed by atoms with Crippen molar-refractivity contribution in [3.63, 3.8) is 0 Å². The zero-order valence-corrected chi connectivity index (χ0v) is 17.3. The Morgan fingerprint density at radius 2 is 1.74 bits per heavy atom. The Labute approximate surface area is 180 Å². The molecule has 0 aliphatic carbocycles. The van der Waals surface area contributed by atoms with Gasteiger partial charge in [0.2, 0.25) is 0 Å². The van der Waals surface area contributed by atoms with E-state index in [0.29, 0.717) is 13.1 Å². The summed E-state index contributed by atoms with van der Waals surface area (Å²) >= 11 is 0. The minimum Gasteiger partial charge on any atom is -0.348 e. The average Bonchev–Trinajstić information content (AvgIpc) is 2.78. The van der Waals surface area contributed by atoms with Crippen LogP contribution in [0, 0.1) is 0 Å². The van der Waals surface area contributed by atoms with Crippen molar-refractivity contribution in [2.24, 2.45) is 0 Å². The number of para-hydroxylation sites is 1. The fourth-order valence-electron chi connectivity index (χ4n) is 3.52. The second-order valence-corrected chi connectivity index (χ2v) is 7.60. The van der Waals surface area contributed by atoms with Crippen molar-refractivity contribution in [1.29, 1.82) is 0 Å². The van der Waals surface area contributed by atoms with Gasteiger partial charge < -0.3 is 10.3 Å². The average molecular weight is 412 g/mol. The number of hydrogen-bond donors (Lipinski definition) is 2. The molecule has 0 bridgehead atoms. The molecule has 1 amide bonds. The second-order valence-electron chi connectivity index (χ2n) is 7.60. The van der Waals surface area contributed by atoms with Crippen LogP contribution in [0.5, 0.6) is 0 Å². The van der Waals surface area contributed by atoms with Crippen LogP contribution in [-0.4, -0.2) is 27.8 Å². The van der Waals surface area contributed by atoms with Crippen LogP contribution < -0.4 is 10.9 Å². The molecule has 0 spiro atoms. The summed E-state index contributed by atoms with van der Waals surface area (Å²) in [5.74, 6) is -0.404. The molecular weight excluding hydrogens is 388 g/mol. The van der Waals surface area contributed by atoms with Crippen LogP contribution in [-0.2, 0) is 19.6 Å². The number of rotatable bonds is 7. The van der Waals surface area contributed by atoms with Crippen LogP contribution in [0.1, 0.15) is 27.2 Å². The first kappa shape index (κ1) is 20.5. The molecule has 0 fully saturated rings. The highest BCUT2D eigenvalue weighted by atomic mass is 16.2. The first-order valence-electron chi connectivity index (χ1n) is 10.1. The van der Waals surface area contributed by atoms with Gasteiger partial charge in [0.05, 0.1) is 5.52 Å². The Morgan fingerprint density at radius 3 is 2.55 bits per heavy atom. The quantitative estimate of drug-likeness (QED) is 0.487. The molecule has 4 aromatic rings. The fraction of sp³-hybridized carbons (Fsp3) is 0.160. The molecule has 6 heteroatoms. The SMILES string of the molecule is CN(Cc1ccccc1)Cc1ccc(C(=O)NCc2cnc3ccccc3c2)c(=O)[nH]1. The second kappa shape index (κ2) is 9.36. The molecule has 6 nitrogen and oxygen atoms in total. The van der Waals surface area contributed by atoms with Crippen molar-refractivity contribution in [2.75, 3.05) is 7.05 Å². The molecule has 0 saturated heterocycles. The maximum absolute atomic E-state index is 12.5. The number of nitrogens with one attached hydrogen (secondary N) is 2. The molecule has 2 heterocycles. The number of hydrogen-bond acceptors (Lipinski definition) is 4. The number of benzene rings is 2. The van der Waals surface area contributed by atoms with Crippen LogP contribution in [0.2, 0.25) is 0 Å². The van der Waals surface area contributed by atoms with Gasteiger partial charge in [-0.1, -0.05) is 48.5 Å². The molecule has 2 aromatic heterocycles. The predicted octanol–water partition coefficient (Wildman–Crippen LogP) is 3.49. The summed E-state index contributed by atoms with van der Waals surface area (Å²) in [7, 11) is 1.99. The highest BCUT2D eigenvalue weighted by Crippen LogP contribution is 2.12. The number of carbonyl (C=O) groups excluding carboxylic acids is 1. The van der Waals surface area contributed by atoms with Crippen molar-refractivity contribution in [1.82, 2.24) is 20.2 Å². The van der Waals surface area contributed by atoms with E-state index in [1.807, 2.05) is 55.6 Å².